The van der Waals surface area contributed by atoms with Crippen molar-refractivity contribution in [2.75, 3.05) is 20.6 Å². The second-order valence-corrected chi connectivity index (χ2v) is 3.59. The summed E-state index contributed by atoms with van der Waals surface area (Å²) in [6, 6.07) is 8.40. The quantitative estimate of drug-likeness (QED) is 0.799. The van der Waals surface area contributed by atoms with Gasteiger partial charge in [-0.2, -0.15) is 0 Å². The zero-order valence-electron chi connectivity index (χ0n) is 9.08. The van der Waals surface area contributed by atoms with Gasteiger partial charge in [0, 0.05) is 23.5 Å². The molecular formula is C12H16N2O. The summed E-state index contributed by atoms with van der Waals surface area (Å²) >= 11 is 0. The van der Waals surface area contributed by atoms with Crippen molar-refractivity contribution in [3.05, 3.63) is 36.1 Å². The van der Waals surface area contributed by atoms with E-state index in [1.54, 1.807) is 0 Å². The van der Waals surface area contributed by atoms with Crippen molar-refractivity contribution in [1.29, 1.82) is 0 Å². The molecule has 1 atom stereocenters. The Morgan fingerprint density at radius 3 is 2.80 bits per heavy atom. The number of rotatable bonds is 4. The van der Waals surface area contributed by atoms with Crippen LogP contribution in [0.15, 0.2) is 34.9 Å². The summed E-state index contributed by atoms with van der Waals surface area (Å²) in [5, 5.41) is 7.63. The van der Waals surface area contributed by atoms with Gasteiger partial charge in [-0.3, -0.25) is 0 Å². The Balaban J connectivity index is 2.41. The summed E-state index contributed by atoms with van der Waals surface area (Å²) in [5.41, 5.74) is 2.16. The van der Waals surface area contributed by atoms with Crippen molar-refractivity contribution in [3.8, 4) is 0 Å². The highest BCUT2D eigenvalue weighted by Gasteiger charge is 2.13. The fourth-order valence-corrected chi connectivity index (χ4v) is 1.84. The van der Waals surface area contributed by atoms with Gasteiger partial charge in [0.2, 0.25) is 0 Å². The maximum absolute atomic E-state index is 5.51. The molecule has 0 bridgehead atoms. The van der Waals surface area contributed by atoms with Gasteiger partial charge in [0.1, 0.15) is 5.58 Å². The van der Waals surface area contributed by atoms with E-state index in [9.17, 15) is 0 Å². The predicted molar refractivity (Wildman–Crippen MR) is 61.9 cm³/mol. The van der Waals surface area contributed by atoms with Crippen LogP contribution in [0.3, 0.4) is 0 Å². The minimum atomic E-state index is 0.290. The van der Waals surface area contributed by atoms with Crippen LogP contribution in [-0.4, -0.2) is 20.6 Å². The molecule has 0 aliphatic heterocycles. The number of hydrogen-bond acceptors (Lipinski definition) is 3. The van der Waals surface area contributed by atoms with Gasteiger partial charge < -0.3 is 15.1 Å². The molecule has 2 rings (SSSR count). The van der Waals surface area contributed by atoms with Crippen LogP contribution in [-0.2, 0) is 0 Å². The number of likely N-dealkylation sites (N-methyl/N-ethyl adjacent to an activating group) is 2. The molecule has 1 unspecified atom stereocenters. The molecule has 3 nitrogen and oxygen atoms in total. The summed E-state index contributed by atoms with van der Waals surface area (Å²) in [5.74, 6) is 0. The van der Waals surface area contributed by atoms with Gasteiger partial charge in [-0.25, -0.2) is 0 Å². The smallest absolute Gasteiger partial charge is 0.134 e. The number of para-hydroxylation sites is 1. The van der Waals surface area contributed by atoms with Crippen LogP contribution in [0.25, 0.3) is 11.0 Å². The first kappa shape index (κ1) is 10.2. The average Bonchev–Trinajstić information content (AvgIpc) is 2.70. The van der Waals surface area contributed by atoms with Crippen LogP contribution in [0.5, 0.6) is 0 Å². The summed E-state index contributed by atoms with van der Waals surface area (Å²) in [6.45, 7) is 0.889. The van der Waals surface area contributed by atoms with E-state index in [0.717, 1.165) is 12.1 Å². The Labute approximate surface area is 89.5 Å². The second-order valence-electron chi connectivity index (χ2n) is 3.59. The Hall–Kier alpha value is -1.32. The number of benzene rings is 1. The van der Waals surface area contributed by atoms with Gasteiger partial charge >= 0.3 is 0 Å². The molecule has 0 saturated carbocycles. The highest BCUT2D eigenvalue weighted by molar-refractivity contribution is 5.81. The van der Waals surface area contributed by atoms with E-state index in [4.69, 9.17) is 4.42 Å². The predicted octanol–water partition coefficient (Wildman–Crippen LogP) is 1.91. The monoisotopic (exact) mass is 204 g/mol. The molecule has 2 N–H and O–H groups in total. The van der Waals surface area contributed by atoms with E-state index in [0.29, 0.717) is 6.04 Å². The summed E-state index contributed by atoms with van der Waals surface area (Å²) in [6.07, 6.45) is 1.84. The first-order chi connectivity index (χ1) is 7.36. The SMILES string of the molecule is CNCC(NC)c1coc2ccccc12. The average molecular weight is 204 g/mol. The molecule has 0 aliphatic rings. The highest BCUT2D eigenvalue weighted by Crippen LogP contribution is 2.25. The molecule has 80 valence electrons. The molecular weight excluding hydrogens is 188 g/mol. The first-order valence-electron chi connectivity index (χ1n) is 5.15. The van der Waals surface area contributed by atoms with E-state index in [1.165, 1.54) is 10.9 Å². The molecule has 1 heterocycles. The van der Waals surface area contributed by atoms with Gasteiger partial charge in [-0.1, -0.05) is 18.2 Å². The molecule has 1 aromatic carbocycles. The lowest BCUT2D eigenvalue weighted by molar-refractivity contribution is 0.542. The van der Waals surface area contributed by atoms with E-state index in [2.05, 4.69) is 16.7 Å². The van der Waals surface area contributed by atoms with Crippen LogP contribution in [0.2, 0.25) is 0 Å². The molecule has 0 saturated heterocycles. The molecule has 0 radical (unpaired) electrons. The van der Waals surface area contributed by atoms with Crippen LogP contribution in [0.4, 0.5) is 0 Å². The lowest BCUT2D eigenvalue weighted by Crippen LogP contribution is -2.26. The van der Waals surface area contributed by atoms with Gasteiger partial charge in [0.05, 0.1) is 6.26 Å². The molecule has 3 heteroatoms. The largest absolute Gasteiger partial charge is 0.464 e. The number of furan rings is 1. The molecule has 0 fully saturated rings. The molecule has 15 heavy (non-hydrogen) atoms. The normalized spacial score (nSPS) is 13.2. The maximum Gasteiger partial charge on any atom is 0.134 e. The van der Waals surface area contributed by atoms with Crippen LogP contribution >= 0.6 is 0 Å². The first-order valence-corrected chi connectivity index (χ1v) is 5.15. The van der Waals surface area contributed by atoms with Gasteiger partial charge in [-0.05, 0) is 20.2 Å². The van der Waals surface area contributed by atoms with Crippen LogP contribution < -0.4 is 10.6 Å². The van der Waals surface area contributed by atoms with E-state index in [1.807, 2.05) is 38.6 Å². The third-order valence-electron chi connectivity index (χ3n) is 2.64. The standard InChI is InChI=1S/C12H16N2O/c1-13-7-11(14-2)10-8-15-12-6-4-3-5-9(10)12/h3-6,8,11,13-14H,7H2,1-2H3. The van der Waals surface area contributed by atoms with Gasteiger partial charge in [0.25, 0.3) is 0 Å². The van der Waals surface area contributed by atoms with E-state index < -0.39 is 0 Å². The Morgan fingerprint density at radius 2 is 2.07 bits per heavy atom. The van der Waals surface area contributed by atoms with Crippen molar-refractivity contribution in [1.82, 2.24) is 10.6 Å². The van der Waals surface area contributed by atoms with Gasteiger partial charge in [-0.15, -0.1) is 0 Å². The van der Waals surface area contributed by atoms with Crippen molar-refractivity contribution in [2.45, 2.75) is 6.04 Å². The van der Waals surface area contributed by atoms with Crippen molar-refractivity contribution in [3.63, 3.8) is 0 Å². The van der Waals surface area contributed by atoms with Crippen LogP contribution in [0, 0.1) is 0 Å². The fourth-order valence-electron chi connectivity index (χ4n) is 1.84. The lowest BCUT2D eigenvalue weighted by Gasteiger charge is -2.13. The summed E-state index contributed by atoms with van der Waals surface area (Å²) < 4.78 is 5.51. The maximum atomic E-state index is 5.51. The van der Waals surface area contributed by atoms with Gasteiger partial charge in [0.15, 0.2) is 0 Å². The number of nitrogens with one attached hydrogen (secondary N) is 2. The van der Waals surface area contributed by atoms with E-state index >= 15 is 0 Å². The molecule has 0 aliphatic carbocycles. The highest BCUT2D eigenvalue weighted by atomic mass is 16.3. The zero-order valence-corrected chi connectivity index (χ0v) is 9.08. The number of hydrogen-bond donors (Lipinski definition) is 2. The van der Waals surface area contributed by atoms with E-state index in [-0.39, 0.29) is 0 Å². The second kappa shape index (κ2) is 4.47. The third kappa shape index (κ3) is 1.89. The molecule has 2 aromatic rings. The molecule has 0 spiro atoms. The van der Waals surface area contributed by atoms with Crippen LogP contribution in [0.1, 0.15) is 11.6 Å². The van der Waals surface area contributed by atoms with Crippen molar-refractivity contribution < 1.29 is 4.42 Å². The minimum Gasteiger partial charge on any atom is -0.464 e. The third-order valence-corrected chi connectivity index (χ3v) is 2.64. The Morgan fingerprint density at radius 1 is 1.27 bits per heavy atom. The van der Waals surface area contributed by atoms with Crippen molar-refractivity contribution in [2.24, 2.45) is 0 Å². The minimum absolute atomic E-state index is 0.290. The fraction of sp³-hybridized carbons (Fsp3) is 0.333. The zero-order chi connectivity index (χ0) is 10.7. The summed E-state index contributed by atoms with van der Waals surface area (Å²) in [7, 11) is 3.91. The topological polar surface area (TPSA) is 37.2 Å². The Kier molecular flexibility index (Phi) is 3.04. The number of fused-ring (bicyclic) bond motifs is 1. The molecule has 1 aromatic heterocycles. The molecule has 0 amide bonds. The lowest BCUT2D eigenvalue weighted by atomic mass is 10.1. The summed E-state index contributed by atoms with van der Waals surface area (Å²) in [4.78, 5) is 0. The van der Waals surface area contributed by atoms with Crippen molar-refractivity contribution >= 4 is 11.0 Å². The Bertz CT molecular complexity index is 436.